The maximum atomic E-state index is 13.8. The van der Waals surface area contributed by atoms with Gasteiger partial charge < -0.3 is 9.53 Å². The third-order valence-corrected chi connectivity index (χ3v) is 13.4. The molecule has 0 aromatic heterocycles. The molecule has 33 heavy (non-hydrogen) atoms. The number of hydrogen-bond donors (Lipinski definition) is 1. The number of nitrogens with zero attached hydrogens (tertiary/aromatic N) is 1. The fourth-order valence-corrected chi connectivity index (χ4v) is 7.10. The Morgan fingerprint density at radius 1 is 1.12 bits per heavy atom. The van der Waals surface area contributed by atoms with Crippen molar-refractivity contribution in [2.75, 3.05) is 6.61 Å². The molecule has 188 valence electrons. The lowest BCUT2D eigenvalue weighted by molar-refractivity contribution is -0.808. The Morgan fingerprint density at radius 2 is 1.61 bits per heavy atom. The van der Waals surface area contributed by atoms with Gasteiger partial charge in [-0.05, 0) is 44.5 Å². The fraction of sp³-hybridized carbons (Fsp3) is 0.682. The van der Waals surface area contributed by atoms with E-state index in [0.29, 0.717) is 5.56 Å². The number of hydrogen-bond acceptors (Lipinski definition) is 5. The van der Waals surface area contributed by atoms with E-state index in [2.05, 4.69) is 0 Å². The van der Waals surface area contributed by atoms with Crippen molar-refractivity contribution in [3.05, 3.63) is 35.4 Å². The Morgan fingerprint density at radius 3 is 1.97 bits per heavy atom. The lowest BCUT2D eigenvalue weighted by atomic mass is 9.95. The summed E-state index contributed by atoms with van der Waals surface area (Å²) in [6.07, 6.45) is -2.59. The molecule has 1 aromatic rings. The highest BCUT2D eigenvalue weighted by Gasteiger charge is 2.71. The van der Waals surface area contributed by atoms with Crippen molar-refractivity contribution < 1.29 is 39.6 Å². The predicted octanol–water partition coefficient (Wildman–Crippen LogP) is 5.80. The first-order valence-electron chi connectivity index (χ1n) is 10.8. The Kier molecular flexibility index (Phi) is 7.06. The molecule has 3 atom stereocenters. The van der Waals surface area contributed by atoms with Crippen molar-refractivity contribution in [3.8, 4) is 0 Å². The lowest BCUT2D eigenvalue weighted by Gasteiger charge is -2.45. The summed E-state index contributed by atoms with van der Waals surface area (Å²) in [5.74, 6) is -3.06. The fourth-order valence-electron chi connectivity index (χ4n) is 3.97. The molecule has 1 N–H and O–H groups in total. The zero-order valence-electron chi connectivity index (χ0n) is 20.8. The monoisotopic (exact) mass is 508 g/mol. The van der Waals surface area contributed by atoms with Gasteiger partial charge in [0.25, 0.3) is 5.92 Å². The van der Waals surface area contributed by atoms with E-state index in [1.807, 2.05) is 33.9 Å². The van der Waals surface area contributed by atoms with Gasteiger partial charge in [0.2, 0.25) is 0 Å². The van der Waals surface area contributed by atoms with Crippen LogP contribution in [0.5, 0.6) is 0 Å². The summed E-state index contributed by atoms with van der Waals surface area (Å²) in [4.78, 5) is 12.6. The van der Waals surface area contributed by atoms with Crippen LogP contribution in [-0.4, -0.2) is 50.0 Å². The van der Waals surface area contributed by atoms with Crippen LogP contribution in [0.25, 0.3) is 0 Å². The van der Waals surface area contributed by atoms with Gasteiger partial charge in [-0.15, -0.1) is 8.42 Å². The van der Waals surface area contributed by atoms with Gasteiger partial charge in [-0.1, -0.05) is 48.9 Å². The maximum absolute atomic E-state index is 13.8. The minimum Gasteiger partial charge on any atom is -0.434 e. The van der Waals surface area contributed by atoms with Crippen LogP contribution in [0.4, 0.5) is 13.6 Å². The van der Waals surface area contributed by atoms with Crippen LogP contribution in [0.15, 0.2) is 24.3 Å². The second kappa shape index (κ2) is 8.37. The van der Waals surface area contributed by atoms with Gasteiger partial charge >= 0.3 is 16.4 Å². The number of carboxylic acid groups (broad SMARTS) is 1. The second-order valence-electron chi connectivity index (χ2n) is 11.2. The number of carbonyl (C=O) groups is 1. The Bertz CT molecular complexity index is 994. The summed E-state index contributed by atoms with van der Waals surface area (Å²) < 4.78 is 64.1. The highest BCUT2D eigenvalue weighted by Crippen LogP contribution is 2.48. The Balaban J connectivity index is 2.78. The molecule has 0 saturated carbocycles. The molecule has 0 radical (unpaired) electrons. The first-order chi connectivity index (χ1) is 14.6. The first kappa shape index (κ1) is 27.8. The lowest BCUT2D eigenvalue weighted by Crippen LogP contribution is -2.69. The van der Waals surface area contributed by atoms with Crippen LogP contribution in [0.3, 0.4) is 0 Å². The normalized spacial score (nSPS) is 25.1. The summed E-state index contributed by atoms with van der Waals surface area (Å²) >= 11 is 0. The van der Waals surface area contributed by atoms with Crippen LogP contribution in [0, 0.1) is 0 Å². The quantitative estimate of drug-likeness (QED) is 0.399. The van der Waals surface area contributed by atoms with Crippen molar-refractivity contribution in [1.29, 1.82) is 0 Å². The van der Waals surface area contributed by atoms with E-state index in [0.717, 1.165) is 6.92 Å². The van der Waals surface area contributed by atoms with Gasteiger partial charge in [0.1, 0.15) is 18.2 Å². The smallest absolute Gasteiger partial charge is 0.434 e. The number of alkyl halides is 2. The average molecular weight is 509 g/mol. The minimum atomic E-state index is -4.58. The molecule has 1 heterocycles. The van der Waals surface area contributed by atoms with E-state index in [1.54, 1.807) is 0 Å². The molecule has 7 nitrogen and oxygen atoms in total. The Hall–Kier alpha value is -1.40. The third kappa shape index (κ3) is 4.75. The average Bonchev–Trinajstić information content (AvgIpc) is 2.89. The van der Waals surface area contributed by atoms with Gasteiger partial charge in [0.05, 0.1) is 0 Å². The Labute approximate surface area is 196 Å². The predicted molar refractivity (Wildman–Crippen MR) is 124 cm³/mol. The molecule has 1 amide bonds. The van der Waals surface area contributed by atoms with Gasteiger partial charge in [0.15, 0.2) is 14.4 Å². The topological polar surface area (TPSA) is 89.9 Å². The van der Waals surface area contributed by atoms with Crippen molar-refractivity contribution in [3.63, 3.8) is 0 Å². The zero-order valence-corrected chi connectivity index (χ0v) is 22.6. The van der Waals surface area contributed by atoms with Crippen molar-refractivity contribution >= 4 is 24.7 Å². The molecule has 1 saturated heterocycles. The highest BCUT2D eigenvalue weighted by molar-refractivity contribution is 7.81. The summed E-state index contributed by atoms with van der Waals surface area (Å²) in [5, 5.41) is 10.0. The van der Waals surface area contributed by atoms with E-state index in [9.17, 15) is 27.1 Å². The van der Waals surface area contributed by atoms with Gasteiger partial charge in [-0.25, -0.2) is 13.0 Å². The van der Waals surface area contributed by atoms with Crippen LogP contribution in [0.1, 0.15) is 65.7 Å². The molecule has 1 aliphatic rings. The van der Waals surface area contributed by atoms with Crippen LogP contribution >= 0.6 is 0 Å². The molecular weight excluding hydrogens is 472 g/mol. The molecule has 2 unspecified atom stereocenters. The molecular formula is C22H36F2NO6SSi+. The SMILES string of the molecule is CC(F)(F)c1ccc(C(O[Si](C)(C)C(C)(C)C)[C@H]2COS(=O)(=O)[N+]2(C(=O)O)C(C)(C)C)cc1. The minimum absolute atomic E-state index is 0.206. The van der Waals surface area contributed by atoms with E-state index in [-0.39, 0.29) is 10.6 Å². The van der Waals surface area contributed by atoms with Gasteiger partial charge in [-0.3, -0.25) is 0 Å². The first-order valence-corrected chi connectivity index (χ1v) is 15.0. The van der Waals surface area contributed by atoms with Crippen LogP contribution in [-0.2, 0) is 24.8 Å². The number of benzene rings is 1. The molecule has 0 bridgehead atoms. The summed E-state index contributed by atoms with van der Waals surface area (Å²) in [7, 11) is -7.15. The summed E-state index contributed by atoms with van der Waals surface area (Å²) in [6, 6.07) is 4.26. The third-order valence-electron chi connectivity index (χ3n) is 6.81. The van der Waals surface area contributed by atoms with Crippen LogP contribution < -0.4 is 0 Å². The maximum Gasteiger partial charge on any atom is 0.532 e. The second-order valence-corrected chi connectivity index (χ2v) is 17.6. The highest BCUT2D eigenvalue weighted by atomic mass is 32.2. The number of quaternary nitrogens is 1. The van der Waals surface area contributed by atoms with Crippen LogP contribution in [0.2, 0.25) is 18.1 Å². The largest absolute Gasteiger partial charge is 0.532 e. The molecule has 1 aromatic carbocycles. The van der Waals surface area contributed by atoms with Crippen molar-refractivity contribution in [2.24, 2.45) is 0 Å². The number of rotatable bonds is 5. The summed E-state index contributed by atoms with van der Waals surface area (Å²) in [6.45, 7) is 14.9. The van der Waals surface area contributed by atoms with E-state index >= 15 is 0 Å². The molecule has 2 rings (SSSR count). The molecule has 1 aliphatic heterocycles. The van der Waals surface area contributed by atoms with Crippen molar-refractivity contribution in [1.82, 2.24) is 0 Å². The summed E-state index contributed by atoms with van der Waals surface area (Å²) in [5.41, 5.74) is -1.09. The molecule has 11 heteroatoms. The van der Waals surface area contributed by atoms with E-state index < -0.39 is 58.8 Å². The zero-order chi connectivity index (χ0) is 25.8. The number of halogens is 2. The number of amides is 1. The molecule has 0 spiro atoms. The van der Waals surface area contributed by atoms with Crippen molar-refractivity contribution in [2.45, 2.75) is 90.2 Å². The van der Waals surface area contributed by atoms with E-state index in [1.165, 1.54) is 45.0 Å². The standard InChI is InChI=1S/C22H35F2NO6SSi/c1-20(2,3)25(19(26)27)17(14-30-32(25,28)29)18(31-33(8,9)21(4,5)6)15-10-12-16(13-11-15)22(7,23)24/h10-13,17-18H,14H2,1-9H3/p+1/t17-,18?,25?/m1/s1. The van der Waals surface area contributed by atoms with E-state index in [4.69, 9.17) is 8.61 Å². The molecule has 1 fully saturated rings. The van der Waals surface area contributed by atoms with Gasteiger partial charge in [0, 0.05) is 12.5 Å². The van der Waals surface area contributed by atoms with Gasteiger partial charge in [-0.2, -0.15) is 4.79 Å². The molecule has 0 aliphatic carbocycles.